The van der Waals surface area contributed by atoms with E-state index in [-0.39, 0.29) is 34.7 Å². The lowest BCUT2D eigenvalue weighted by Gasteiger charge is -2.25. The quantitative estimate of drug-likeness (QED) is 0.216. The van der Waals surface area contributed by atoms with Crippen LogP contribution in [0, 0.1) is 10.1 Å². The number of nitro benzene ring substituents is 1. The van der Waals surface area contributed by atoms with Crippen molar-refractivity contribution in [2.75, 3.05) is 0 Å². The minimum atomic E-state index is -1.65. The van der Waals surface area contributed by atoms with Crippen LogP contribution in [-0.2, 0) is 16.0 Å². The Morgan fingerprint density at radius 2 is 2.00 bits per heavy atom. The third kappa shape index (κ3) is 3.76. The van der Waals surface area contributed by atoms with Crippen LogP contribution in [0.1, 0.15) is 15.9 Å². The minimum Gasteiger partial charge on any atom is -0.478 e. The number of carbonyl (C=O) groups is 3. The molecule has 1 unspecified atom stereocenters. The Morgan fingerprint density at radius 1 is 1.29 bits per heavy atom. The van der Waals surface area contributed by atoms with E-state index in [2.05, 4.69) is 31.9 Å². The highest BCUT2D eigenvalue weighted by Gasteiger charge is 2.37. The average molecular weight is 515 g/mol. The van der Waals surface area contributed by atoms with Gasteiger partial charge in [-0.15, -0.1) is 0 Å². The van der Waals surface area contributed by atoms with Crippen molar-refractivity contribution in [3.8, 4) is 11.5 Å². The Kier molecular flexibility index (Phi) is 5.47. The van der Waals surface area contributed by atoms with Gasteiger partial charge in [0.15, 0.2) is 11.5 Å². The minimum absolute atomic E-state index is 0.0435. The van der Waals surface area contributed by atoms with E-state index in [0.29, 0.717) is 8.95 Å². The molecular weight excluding hydrogens is 506 g/mol. The number of benzene rings is 2. The number of nitrogens with zero attached hydrogens (tertiary/aromatic N) is 1. The predicted octanol–water partition coefficient (Wildman–Crippen LogP) is 3.30. The summed E-state index contributed by atoms with van der Waals surface area (Å²) >= 11 is 6.48. The van der Waals surface area contributed by atoms with Crippen LogP contribution >= 0.6 is 31.9 Å². The zero-order valence-electron chi connectivity index (χ0n) is 13.7. The van der Waals surface area contributed by atoms with Crippen molar-refractivity contribution in [2.24, 2.45) is 0 Å². The van der Waals surface area contributed by atoms with Gasteiger partial charge in [0.2, 0.25) is 0 Å². The maximum atomic E-state index is 12.5. The van der Waals surface area contributed by atoms with E-state index < -0.39 is 28.7 Å². The van der Waals surface area contributed by atoms with E-state index in [1.165, 1.54) is 24.3 Å². The number of nitro groups is 1. The summed E-state index contributed by atoms with van der Waals surface area (Å²) in [5.74, 6) is -2.99. The average Bonchev–Trinajstić information content (AvgIpc) is 2.65. The van der Waals surface area contributed by atoms with E-state index in [4.69, 9.17) is 14.6 Å². The molecule has 1 heterocycles. The Labute approximate surface area is 173 Å². The number of carboxylic acid groups (broad SMARTS) is 1. The van der Waals surface area contributed by atoms with Crippen LogP contribution in [0.15, 0.2) is 39.3 Å². The lowest BCUT2D eigenvalue weighted by Crippen LogP contribution is -2.40. The van der Waals surface area contributed by atoms with Crippen LogP contribution < -0.4 is 9.47 Å². The maximum Gasteiger partial charge on any atom is 0.352 e. The molecule has 1 aliphatic heterocycles. The first-order valence-electron chi connectivity index (χ1n) is 7.58. The molecule has 0 bridgehead atoms. The lowest BCUT2D eigenvalue weighted by molar-refractivity contribution is -0.384. The van der Waals surface area contributed by atoms with E-state index in [1.807, 2.05) is 0 Å². The van der Waals surface area contributed by atoms with Gasteiger partial charge in [0.25, 0.3) is 11.8 Å². The van der Waals surface area contributed by atoms with Crippen LogP contribution in [0.3, 0.4) is 0 Å². The van der Waals surface area contributed by atoms with E-state index in [1.54, 1.807) is 0 Å². The molecule has 0 radical (unpaired) electrons. The fourth-order valence-corrected chi connectivity index (χ4v) is 3.37. The molecule has 28 heavy (non-hydrogen) atoms. The monoisotopic (exact) mass is 513 g/mol. The number of esters is 1. The van der Waals surface area contributed by atoms with Gasteiger partial charge >= 0.3 is 11.9 Å². The first-order valence-corrected chi connectivity index (χ1v) is 9.17. The lowest BCUT2D eigenvalue weighted by atomic mass is 10.00. The number of fused-ring (bicyclic) bond motifs is 1. The van der Waals surface area contributed by atoms with Crippen LogP contribution in [0.4, 0.5) is 5.69 Å². The van der Waals surface area contributed by atoms with Crippen molar-refractivity contribution < 1.29 is 33.9 Å². The first kappa shape index (κ1) is 20.0. The van der Waals surface area contributed by atoms with E-state index in [0.717, 1.165) is 6.07 Å². The third-order valence-electron chi connectivity index (χ3n) is 3.84. The molecule has 144 valence electrons. The second-order valence-corrected chi connectivity index (χ2v) is 7.30. The fourth-order valence-electron chi connectivity index (χ4n) is 2.54. The van der Waals surface area contributed by atoms with Crippen molar-refractivity contribution in [3.05, 3.63) is 60.5 Å². The second-order valence-electron chi connectivity index (χ2n) is 5.65. The molecule has 11 heteroatoms. The zero-order chi connectivity index (χ0) is 20.6. The molecule has 0 aliphatic carbocycles. The largest absolute Gasteiger partial charge is 0.478 e. The summed E-state index contributed by atoms with van der Waals surface area (Å²) in [6.07, 6.45) is -1.98. The number of Topliss-reactive ketones (excluding diaryl/α,β-unsaturated/α-hetero) is 1. The third-order valence-corrected chi connectivity index (χ3v) is 5.78. The number of carboxylic acids is 1. The topological polar surface area (TPSA) is 133 Å². The highest BCUT2D eigenvalue weighted by molar-refractivity contribution is 9.13. The molecule has 0 spiro atoms. The molecule has 1 aliphatic rings. The normalized spacial score (nSPS) is 15.4. The Hall–Kier alpha value is -2.79. The number of ketones is 1. The number of non-ortho nitro benzene ring substituents is 1. The predicted molar refractivity (Wildman–Crippen MR) is 101 cm³/mol. The van der Waals surface area contributed by atoms with E-state index in [9.17, 15) is 24.5 Å². The van der Waals surface area contributed by atoms with Crippen molar-refractivity contribution >= 4 is 55.3 Å². The number of rotatable bonds is 4. The summed E-state index contributed by atoms with van der Waals surface area (Å²) in [5, 5.41) is 20.0. The highest BCUT2D eigenvalue weighted by Crippen LogP contribution is 2.44. The molecule has 0 saturated carbocycles. The summed E-state index contributed by atoms with van der Waals surface area (Å²) in [6, 6.07) is 6.42. The SMILES string of the molecule is O=C(Oc1c(Br)c(Br)cc2c1CC(=O)C(C(=O)O)O2)c1cccc([N+](=O)[O-])c1. The summed E-state index contributed by atoms with van der Waals surface area (Å²) in [6.45, 7) is 0. The summed E-state index contributed by atoms with van der Waals surface area (Å²) < 4.78 is 11.3. The molecule has 3 rings (SSSR count). The number of carbonyl (C=O) groups excluding carboxylic acids is 2. The number of hydrogen-bond acceptors (Lipinski definition) is 7. The molecule has 0 aromatic heterocycles. The molecule has 1 N–H and O–H groups in total. The molecule has 1 atom stereocenters. The fraction of sp³-hybridized carbons (Fsp3) is 0.118. The van der Waals surface area contributed by atoms with Crippen molar-refractivity contribution in [1.29, 1.82) is 0 Å². The number of aliphatic carboxylic acids is 1. The van der Waals surface area contributed by atoms with E-state index >= 15 is 0 Å². The Morgan fingerprint density at radius 3 is 2.64 bits per heavy atom. The van der Waals surface area contributed by atoms with Gasteiger partial charge in [0.1, 0.15) is 5.75 Å². The first-order chi connectivity index (χ1) is 13.2. The van der Waals surface area contributed by atoms with Crippen LogP contribution in [-0.4, -0.2) is 33.9 Å². The van der Waals surface area contributed by atoms with Gasteiger partial charge in [0, 0.05) is 28.6 Å². The van der Waals surface area contributed by atoms with Crippen molar-refractivity contribution in [3.63, 3.8) is 0 Å². The van der Waals surface area contributed by atoms with Crippen molar-refractivity contribution in [1.82, 2.24) is 0 Å². The Bertz CT molecular complexity index is 1040. The number of hydrogen-bond donors (Lipinski definition) is 1. The van der Waals surface area contributed by atoms with Gasteiger partial charge in [-0.3, -0.25) is 14.9 Å². The molecule has 9 nitrogen and oxygen atoms in total. The van der Waals surface area contributed by atoms with Gasteiger partial charge in [0.05, 0.1) is 15.0 Å². The summed E-state index contributed by atoms with van der Waals surface area (Å²) in [4.78, 5) is 46.0. The number of ether oxygens (including phenoxy) is 2. The van der Waals surface area contributed by atoms with Gasteiger partial charge in [-0.2, -0.15) is 0 Å². The van der Waals surface area contributed by atoms with Gasteiger partial charge in [-0.25, -0.2) is 9.59 Å². The molecule has 0 saturated heterocycles. The molecule has 2 aromatic rings. The van der Waals surface area contributed by atoms with Gasteiger partial charge in [-0.05, 0) is 44.0 Å². The molecule has 2 aromatic carbocycles. The summed E-state index contributed by atoms with van der Waals surface area (Å²) in [7, 11) is 0. The zero-order valence-corrected chi connectivity index (χ0v) is 16.9. The molecular formula is C17H9Br2NO8. The van der Waals surface area contributed by atoms with Crippen LogP contribution in [0.5, 0.6) is 11.5 Å². The van der Waals surface area contributed by atoms with Crippen LogP contribution in [0.2, 0.25) is 0 Å². The standard InChI is InChI=1S/C17H9Br2NO8/c18-10-6-12-9(5-11(21)15(27-12)16(22)23)14(13(10)19)28-17(24)7-2-1-3-8(4-7)20(25)26/h1-4,6,15H,5H2,(H,22,23). The van der Waals surface area contributed by atoms with Crippen LogP contribution in [0.25, 0.3) is 0 Å². The second kappa shape index (κ2) is 7.68. The summed E-state index contributed by atoms with van der Waals surface area (Å²) in [5.41, 5.74) is -0.162. The number of halogens is 2. The highest BCUT2D eigenvalue weighted by atomic mass is 79.9. The Balaban J connectivity index is 2.00. The van der Waals surface area contributed by atoms with Crippen molar-refractivity contribution in [2.45, 2.75) is 12.5 Å². The molecule has 0 amide bonds. The molecule has 0 fully saturated rings. The maximum absolute atomic E-state index is 12.5. The van der Waals surface area contributed by atoms with Gasteiger partial charge < -0.3 is 14.6 Å². The smallest absolute Gasteiger partial charge is 0.352 e. The van der Waals surface area contributed by atoms with Gasteiger partial charge in [-0.1, -0.05) is 6.07 Å².